The van der Waals surface area contributed by atoms with E-state index in [2.05, 4.69) is 53.5 Å². The lowest BCUT2D eigenvalue weighted by molar-refractivity contribution is 0.149. The molecule has 1 aliphatic heterocycles. The van der Waals surface area contributed by atoms with Gasteiger partial charge in [0, 0.05) is 6.04 Å². The Morgan fingerprint density at radius 2 is 1.95 bits per heavy atom. The lowest BCUT2D eigenvalue weighted by atomic mass is 9.98. The summed E-state index contributed by atoms with van der Waals surface area (Å²) in [5.74, 6) is 0.654. The first-order valence-electron chi connectivity index (χ1n) is 7.93. The number of likely N-dealkylation sites (tertiary alicyclic amines) is 1. The van der Waals surface area contributed by atoms with Crippen molar-refractivity contribution in [3.63, 3.8) is 0 Å². The van der Waals surface area contributed by atoms with E-state index in [1.165, 1.54) is 25.9 Å². The molecule has 114 valence electrons. The summed E-state index contributed by atoms with van der Waals surface area (Å²) >= 11 is 0. The van der Waals surface area contributed by atoms with E-state index in [0.717, 1.165) is 23.7 Å². The van der Waals surface area contributed by atoms with Gasteiger partial charge in [-0.25, -0.2) is 0 Å². The number of benzene rings is 1. The third-order valence-corrected chi connectivity index (χ3v) is 4.37. The summed E-state index contributed by atoms with van der Waals surface area (Å²) in [5.41, 5.74) is 2.18. The lowest BCUT2D eigenvalue weighted by Gasteiger charge is -2.28. The fourth-order valence-electron chi connectivity index (χ4n) is 3.04. The van der Waals surface area contributed by atoms with E-state index < -0.39 is 0 Å². The maximum Gasteiger partial charge on any atom is 0.297 e. The predicted octanol–water partition coefficient (Wildman–Crippen LogP) is 3.34. The third kappa shape index (κ3) is 3.05. The molecule has 1 aliphatic rings. The zero-order valence-corrected chi connectivity index (χ0v) is 13.2. The summed E-state index contributed by atoms with van der Waals surface area (Å²) in [4.78, 5) is 7.05. The second-order valence-corrected chi connectivity index (χ2v) is 6.40. The van der Waals surface area contributed by atoms with Crippen molar-refractivity contribution in [2.24, 2.45) is 5.92 Å². The van der Waals surface area contributed by atoms with Crippen molar-refractivity contribution in [1.29, 1.82) is 0 Å². The molecule has 1 aromatic carbocycles. The van der Waals surface area contributed by atoms with E-state index in [4.69, 9.17) is 4.74 Å². The number of nitrogens with zero attached hydrogens (tertiary/aromatic N) is 3. The molecule has 0 aliphatic carbocycles. The maximum atomic E-state index is 6.09. The Morgan fingerprint density at radius 1 is 1.24 bits per heavy atom. The molecule has 1 aromatic heterocycles. The van der Waals surface area contributed by atoms with E-state index >= 15 is 0 Å². The van der Waals surface area contributed by atoms with E-state index in [0.29, 0.717) is 12.0 Å². The predicted molar refractivity (Wildman–Crippen MR) is 85.8 cm³/mol. The number of piperidine rings is 1. The van der Waals surface area contributed by atoms with Crippen molar-refractivity contribution in [3.8, 4) is 6.01 Å². The van der Waals surface area contributed by atoms with E-state index in [1.807, 2.05) is 6.07 Å². The molecule has 0 bridgehead atoms. The highest BCUT2D eigenvalue weighted by Crippen LogP contribution is 2.26. The first-order valence-corrected chi connectivity index (χ1v) is 7.93. The summed E-state index contributed by atoms with van der Waals surface area (Å²) in [6, 6.07) is 9.38. The van der Waals surface area contributed by atoms with Crippen LogP contribution in [0.25, 0.3) is 11.0 Å². The molecule has 4 nitrogen and oxygen atoms in total. The molecule has 0 N–H and O–H groups in total. The number of hydrogen-bond acceptors (Lipinski definition) is 3. The van der Waals surface area contributed by atoms with Gasteiger partial charge >= 0.3 is 0 Å². The number of hydrogen-bond donors (Lipinski definition) is 0. The van der Waals surface area contributed by atoms with Crippen molar-refractivity contribution in [1.82, 2.24) is 14.5 Å². The largest absolute Gasteiger partial charge is 0.464 e. The molecule has 0 radical (unpaired) electrons. The number of imidazole rings is 1. The van der Waals surface area contributed by atoms with Crippen molar-refractivity contribution >= 4 is 11.0 Å². The van der Waals surface area contributed by atoms with Crippen LogP contribution in [0.3, 0.4) is 0 Å². The average Bonchev–Trinajstić information content (AvgIpc) is 2.85. The van der Waals surface area contributed by atoms with Crippen molar-refractivity contribution in [2.45, 2.75) is 32.7 Å². The summed E-state index contributed by atoms with van der Waals surface area (Å²) in [5, 5.41) is 0. The van der Waals surface area contributed by atoms with Gasteiger partial charge in [-0.3, -0.25) is 4.57 Å². The zero-order valence-electron chi connectivity index (χ0n) is 13.2. The number of fused-ring (bicyclic) bond motifs is 1. The van der Waals surface area contributed by atoms with Crippen molar-refractivity contribution in [3.05, 3.63) is 24.3 Å². The first-order chi connectivity index (χ1) is 10.1. The molecule has 21 heavy (non-hydrogen) atoms. The zero-order chi connectivity index (χ0) is 14.8. The van der Waals surface area contributed by atoms with Gasteiger partial charge in [0.25, 0.3) is 6.01 Å². The van der Waals surface area contributed by atoms with E-state index in [9.17, 15) is 0 Å². The van der Waals surface area contributed by atoms with Gasteiger partial charge in [-0.15, -0.1) is 0 Å². The number of para-hydroxylation sites is 2. The Labute approximate surface area is 126 Å². The first kappa shape index (κ1) is 14.4. The highest BCUT2D eigenvalue weighted by molar-refractivity contribution is 5.76. The van der Waals surface area contributed by atoms with Gasteiger partial charge in [-0.2, -0.15) is 4.98 Å². The van der Waals surface area contributed by atoms with Gasteiger partial charge in [0.1, 0.15) is 0 Å². The van der Waals surface area contributed by atoms with Crippen LogP contribution in [0.1, 0.15) is 32.7 Å². The molecular formula is C17H25N3O. The maximum absolute atomic E-state index is 6.09. The van der Waals surface area contributed by atoms with Gasteiger partial charge in [0.05, 0.1) is 17.6 Å². The Balaban J connectivity index is 1.75. The average molecular weight is 287 g/mol. The van der Waals surface area contributed by atoms with Crippen molar-refractivity contribution < 1.29 is 4.74 Å². The molecule has 2 heterocycles. The lowest BCUT2D eigenvalue weighted by Crippen LogP contribution is -2.32. The molecule has 4 heteroatoms. The van der Waals surface area contributed by atoms with Crippen LogP contribution in [-0.2, 0) is 0 Å². The monoisotopic (exact) mass is 287 g/mol. The van der Waals surface area contributed by atoms with Gasteiger partial charge < -0.3 is 9.64 Å². The fourth-order valence-corrected chi connectivity index (χ4v) is 3.04. The second kappa shape index (κ2) is 6.06. The Hall–Kier alpha value is -1.55. The molecular weight excluding hydrogens is 262 g/mol. The standard InChI is InChI=1S/C17H25N3O/c1-13(2)20-16-7-5-4-6-15(16)18-17(20)21-12-14-8-10-19(3)11-9-14/h4-7,13-14H,8-12H2,1-3H3. The smallest absolute Gasteiger partial charge is 0.297 e. The van der Waals surface area contributed by atoms with Gasteiger partial charge in [0.2, 0.25) is 0 Å². The molecule has 0 unspecified atom stereocenters. The highest BCUT2D eigenvalue weighted by atomic mass is 16.5. The number of rotatable bonds is 4. The van der Waals surface area contributed by atoms with Crippen LogP contribution in [-0.4, -0.2) is 41.2 Å². The van der Waals surface area contributed by atoms with Crippen LogP contribution in [0.2, 0.25) is 0 Å². The van der Waals surface area contributed by atoms with Crippen LogP contribution in [0.4, 0.5) is 0 Å². The van der Waals surface area contributed by atoms with Gasteiger partial charge in [-0.1, -0.05) is 12.1 Å². The van der Waals surface area contributed by atoms with Gasteiger partial charge in [-0.05, 0) is 64.9 Å². The van der Waals surface area contributed by atoms with Crippen molar-refractivity contribution in [2.75, 3.05) is 26.7 Å². The molecule has 0 atom stereocenters. The van der Waals surface area contributed by atoms with Crippen LogP contribution >= 0.6 is 0 Å². The normalized spacial score (nSPS) is 17.7. The molecule has 1 fully saturated rings. The van der Waals surface area contributed by atoms with E-state index in [1.54, 1.807) is 0 Å². The third-order valence-electron chi connectivity index (χ3n) is 4.37. The summed E-state index contributed by atoms with van der Waals surface area (Å²) in [6.45, 7) is 7.49. The minimum absolute atomic E-state index is 0.352. The van der Waals surface area contributed by atoms with Crippen LogP contribution < -0.4 is 4.74 Å². The van der Waals surface area contributed by atoms with Crippen LogP contribution in [0.5, 0.6) is 6.01 Å². The van der Waals surface area contributed by atoms with Gasteiger partial charge in [0.15, 0.2) is 0 Å². The van der Waals surface area contributed by atoms with Crippen LogP contribution in [0.15, 0.2) is 24.3 Å². The fraction of sp³-hybridized carbons (Fsp3) is 0.588. The minimum atomic E-state index is 0.352. The molecule has 0 spiro atoms. The molecule has 0 amide bonds. The van der Waals surface area contributed by atoms with E-state index in [-0.39, 0.29) is 0 Å². The number of ether oxygens (including phenoxy) is 1. The highest BCUT2D eigenvalue weighted by Gasteiger charge is 2.19. The second-order valence-electron chi connectivity index (χ2n) is 6.40. The summed E-state index contributed by atoms with van der Waals surface area (Å²) in [7, 11) is 2.19. The SMILES string of the molecule is CC(C)n1c(OCC2CCN(C)CC2)nc2ccccc21. The number of aromatic nitrogens is 2. The summed E-state index contributed by atoms with van der Waals surface area (Å²) < 4.78 is 8.29. The Kier molecular flexibility index (Phi) is 4.15. The molecule has 2 aromatic rings. The summed E-state index contributed by atoms with van der Waals surface area (Å²) in [6.07, 6.45) is 2.44. The Morgan fingerprint density at radius 3 is 2.67 bits per heavy atom. The van der Waals surface area contributed by atoms with Crippen LogP contribution in [0, 0.1) is 5.92 Å². The minimum Gasteiger partial charge on any atom is -0.464 e. The molecule has 0 saturated carbocycles. The Bertz CT molecular complexity index is 597. The molecule has 1 saturated heterocycles. The molecule has 3 rings (SSSR count). The topological polar surface area (TPSA) is 30.3 Å². The quantitative estimate of drug-likeness (QED) is 0.864.